The number of aromatic nitrogens is 1. The fraction of sp³-hybridized carbons (Fsp3) is 0.600. The Hall–Kier alpha value is -1.34. The lowest BCUT2D eigenvalue weighted by atomic mass is 10.2. The Morgan fingerprint density at radius 3 is 2.05 bits per heavy atom. The first-order chi connectivity index (χ1) is 9.81. The molecule has 0 spiro atoms. The van der Waals surface area contributed by atoms with E-state index in [0.29, 0.717) is 5.75 Å². The normalized spacial score (nSPS) is 10.0. The molecule has 1 heterocycles. The Kier molecular flexibility index (Phi) is 11.7. The molecule has 0 atom stereocenters. The molecule has 7 heteroatoms. The number of amides is 1. The Labute approximate surface area is 143 Å². The highest BCUT2D eigenvalue weighted by atomic mass is 79.9. The maximum Gasteiger partial charge on any atom is 0.142 e. The number of carbonyl (C=O) groups excluding carboxylic acids is 1. The molecule has 0 aromatic carbocycles. The fourth-order valence-electron chi connectivity index (χ4n) is 1.88. The van der Waals surface area contributed by atoms with Crippen LogP contribution >= 0.6 is 0 Å². The number of quaternary nitrogens is 1. The van der Waals surface area contributed by atoms with E-state index in [1.807, 2.05) is 0 Å². The summed E-state index contributed by atoms with van der Waals surface area (Å²) in [7, 11) is 2.82. The average molecular weight is 377 g/mol. The minimum atomic E-state index is -1.16. The highest BCUT2D eigenvalue weighted by molar-refractivity contribution is 5.61. The second-order valence-electron chi connectivity index (χ2n) is 5.08. The standard InChI is InChI=1S/C12H20N2O.C3H7NO2.BrH/c1-4-14(5-2,6-3)10-11-12(15)8-7-9-13-11;1-4(2)3(5)6;/h7-9H,4-6,10H2,1-3H3;1-2H3,(H,5,6);1H/p-1. The molecule has 22 heavy (non-hydrogen) atoms. The minimum Gasteiger partial charge on any atom is -1.00 e. The summed E-state index contributed by atoms with van der Waals surface area (Å²) in [4.78, 5) is 14.7. The summed E-state index contributed by atoms with van der Waals surface area (Å²) in [6.45, 7) is 10.6. The van der Waals surface area contributed by atoms with E-state index in [2.05, 4.69) is 25.8 Å². The van der Waals surface area contributed by atoms with Gasteiger partial charge >= 0.3 is 0 Å². The lowest BCUT2D eigenvalue weighted by Gasteiger charge is -2.35. The predicted octanol–water partition coefficient (Wildman–Crippen LogP) is -1.94. The second-order valence-corrected chi connectivity index (χ2v) is 5.08. The molecule has 1 aromatic rings. The quantitative estimate of drug-likeness (QED) is 0.606. The smallest absolute Gasteiger partial charge is 0.142 e. The van der Waals surface area contributed by atoms with Crippen molar-refractivity contribution in [3.63, 3.8) is 0 Å². The number of hydrogen-bond donors (Lipinski definition) is 1. The first-order valence-electron chi connectivity index (χ1n) is 7.18. The fourth-order valence-corrected chi connectivity index (χ4v) is 1.88. The van der Waals surface area contributed by atoms with Gasteiger partial charge < -0.3 is 41.4 Å². The SMILES string of the molecule is CC[N+](CC)(CC)Cc1ncccc1O.CN(C)C(=O)[O-].[Br-]. The van der Waals surface area contributed by atoms with Gasteiger partial charge in [0, 0.05) is 20.3 Å². The van der Waals surface area contributed by atoms with Crippen molar-refractivity contribution in [3.05, 3.63) is 24.0 Å². The van der Waals surface area contributed by atoms with E-state index in [1.165, 1.54) is 14.1 Å². The van der Waals surface area contributed by atoms with Crippen molar-refractivity contribution >= 4 is 6.09 Å². The van der Waals surface area contributed by atoms with E-state index in [0.717, 1.165) is 41.3 Å². The molecule has 0 aliphatic rings. The Morgan fingerprint density at radius 1 is 1.27 bits per heavy atom. The Balaban J connectivity index is 0. The highest BCUT2D eigenvalue weighted by Gasteiger charge is 2.23. The third-order valence-electron chi connectivity index (χ3n) is 3.73. The summed E-state index contributed by atoms with van der Waals surface area (Å²) in [5.41, 5.74) is 0.808. The van der Waals surface area contributed by atoms with E-state index in [9.17, 15) is 15.0 Å². The summed E-state index contributed by atoms with van der Waals surface area (Å²) in [5.74, 6) is 0.315. The lowest BCUT2D eigenvalue weighted by molar-refractivity contribution is -0.936. The van der Waals surface area contributed by atoms with E-state index in [-0.39, 0.29) is 17.0 Å². The third kappa shape index (κ3) is 7.61. The molecule has 0 saturated heterocycles. The zero-order valence-electron chi connectivity index (χ0n) is 14.0. The molecule has 0 bridgehead atoms. The van der Waals surface area contributed by atoms with Crippen molar-refractivity contribution in [2.45, 2.75) is 27.3 Å². The summed E-state index contributed by atoms with van der Waals surface area (Å²) < 4.78 is 0.977. The number of carboxylic acid groups (broad SMARTS) is 1. The maximum absolute atomic E-state index is 9.69. The third-order valence-corrected chi connectivity index (χ3v) is 3.73. The molecule has 1 rings (SSSR count). The van der Waals surface area contributed by atoms with Gasteiger partial charge in [0.15, 0.2) is 0 Å². The van der Waals surface area contributed by atoms with Crippen LogP contribution in [0.4, 0.5) is 4.79 Å². The van der Waals surface area contributed by atoms with Crippen LogP contribution < -0.4 is 22.1 Å². The summed E-state index contributed by atoms with van der Waals surface area (Å²) in [6.07, 6.45) is 0.583. The van der Waals surface area contributed by atoms with Gasteiger partial charge in [-0.3, -0.25) is 4.98 Å². The van der Waals surface area contributed by atoms with Gasteiger partial charge in [0.05, 0.1) is 19.6 Å². The van der Waals surface area contributed by atoms with Crippen LogP contribution in [0, 0.1) is 0 Å². The van der Waals surface area contributed by atoms with Gasteiger partial charge in [0.25, 0.3) is 0 Å². The predicted molar refractivity (Wildman–Crippen MR) is 80.6 cm³/mol. The molecule has 0 fully saturated rings. The van der Waals surface area contributed by atoms with Crippen molar-refractivity contribution in [3.8, 4) is 5.75 Å². The Bertz CT molecular complexity index is 430. The van der Waals surface area contributed by atoms with Crippen molar-refractivity contribution < 1.29 is 36.5 Å². The maximum atomic E-state index is 9.69. The molecule has 128 valence electrons. The van der Waals surface area contributed by atoms with Crippen LogP contribution in [0.1, 0.15) is 26.5 Å². The number of halogens is 1. The van der Waals surface area contributed by atoms with Crippen molar-refractivity contribution in [2.24, 2.45) is 0 Å². The second kappa shape index (κ2) is 11.3. The molecule has 0 radical (unpaired) electrons. The molecule has 6 nitrogen and oxygen atoms in total. The summed E-state index contributed by atoms with van der Waals surface area (Å²) in [6, 6.07) is 3.47. The molecule has 0 unspecified atom stereocenters. The van der Waals surface area contributed by atoms with Crippen molar-refractivity contribution in [2.75, 3.05) is 33.7 Å². The van der Waals surface area contributed by atoms with Crippen molar-refractivity contribution in [1.29, 1.82) is 0 Å². The topological polar surface area (TPSA) is 76.5 Å². The van der Waals surface area contributed by atoms with Crippen molar-refractivity contribution in [1.82, 2.24) is 9.88 Å². The number of pyridine rings is 1. The minimum absolute atomic E-state index is 0. The van der Waals surface area contributed by atoms with Crippen LogP contribution in [0.3, 0.4) is 0 Å². The number of nitrogens with zero attached hydrogens (tertiary/aromatic N) is 3. The summed E-state index contributed by atoms with van der Waals surface area (Å²) >= 11 is 0. The van der Waals surface area contributed by atoms with E-state index in [1.54, 1.807) is 18.3 Å². The van der Waals surface area contributed by atoms with Gasteiger partial charge in [-0.2, -0.15) is 0 Å². The Morgan fingerprint density at radius 2 is 1.73 bits per heavy atom. The van der Waals surface area contributed by atoms with E-state index >= 15 is 0 Å². The van der Waals surface area contributed by atoms with Gasteiger partial charge in [-0.05, 0) is 32.9 Å². The number of aromatic hydroxyl groups is 1. The largest absolute Gasteiger partial charge is 1.00 e. The van der Waals surface area contributed by atoms with E-state index in [4.69, 9.17) is 0 Å². The molecule has 1 N–H and O–H groups in total. The first kappa shape index (κ1) is 22.9. The molecule has 0 saturated carbocycles. The average Bonchev–Trinajstić information content (AvgIpc) is 2.47. The van der Waals surface area contributed by atoms with Gasteiger partial charge in [-0.15, -0.1) is 0 Å². The number of hydrogen-bond acceptors (Lipinski definition) is 4. The highest BCUT2D eigenvalue weighted by Crippen LogP contribution is 2.19. The van der Waals surface area contributed by atoms with Crippen LogP contribution in [-0.2, 0) is 6.54 Å². The molecule has 1 amide bonds. The monoisotopic (exact) mass is 376 g/mol. The van der Waals surface area contributed by atoms with Crippen LogP contribution in [0.15, 0.2) is 18.3 Å². The number of rotatable bonds is 5. The molecular formula is C15H27BrN3O3-. The van der Waals surface area contributed by atoms with Gasteiger partial charge in [-0.25, -0.2) is 0 Å². The van der Waals surface area contributed by atoms with Crippen LogP contribution in [0.2, 0.25) is 0 Å². The molecular weight excluding hydrogens is 350 g/mol. The zero-order valence-corrected chi connectivity index (χ0v) is 15.6. The van der Waals surface area contributed by atoms with Gasteiger partial charge in [-0.1, -0.05) is 0 Å². The lowest BCUT2D eigenvalue weighted by Crippen LogP contribution is -3.00. The summed E-state index contributed by atoms with van der Waals surface area (Å²) in [5, 5.41) is 19.2. The van der Waals surface area contributed by atoms with Crippen LogP contribution in [0.25, 0.3) is 0 Å². The van der Waals surface area contributed by atoms with Gasteiger partial charge in [0.1, 0.15) is 24.1 Å². The molecule has 0 aliphatic carbocycles. The van der Waals surface area contributed by atoms with Crippen LogP contribution in [0.5, 0.6) is 5.75 Å². The van der Waals surface area contributed by atoms with Gasteiger partial charge in [0.2, 0.25) is 0 Å². The molecule has 0 aliphatic heterocycles. The number of carbonyl (C=O) groups is 1. The zero-order chi connectivity index (χ0) is 16.5. The first-order valence-corrected chi connectivity index (χ1v) is 7.18. The van der Waals surface area contributed by atoms with E-state index < -0.39 is 6.09 Å². The van der Waals surface area contributed by atoms with Crippen LogP contribution in [-0.4, -0.2) is 59.3 Å². The molecule has 1 aromatic heterocycles.